The van der Waals surface area contributed by atoms with Crippen LogP contribution in [0.25, 0.3) is 0 Å². The second kappa shape index (κ2) is 7.86. The smallest absolute Gasteiger partial charge is 0.286 e. The Bertz CT molecular complexity index is 753. The minimum absolute atomic E-state index is 0.118. The topological polar surface area (TPSA) is 49.4 Å². The Morgan fingerprint density at radius 3 is 2.57 bits per heavy atom. The number of carbonyl (C=O) groups excluding carboxylic acids is 2. The minimum Gasteiger partial charge on any atom is -0.339 e. The molecule has 2 aromatic rings. The van der Waals surface area contributed by atoms with E-state index in [4.69, 9.17) is 11.6 Å². The van der Waals surface area contributed by atoms with Crippen molar-refractivity contribution in [3.8, 4) is 0 Å². The zero-order valence-corrected chi connectivity index (χ0v) is 15.6. The molecule has 0 bridgehead atoms. The summed E-state index contributed by atoms with van der Waals surface area (Å²) in [5.74, 6) is -0.332. The van der Waals surface area contributed by atoms with Crippen LogP contribution in [0.4, 0.5) is 10.5 Å². The molecule has 2 amide bonds. The van der Waals surface area contributed by atoms with Gasteiger partial charge in [0.25, 0.3) is 11.1 Å². The largest absolute Gasteiger partial charge is 0.339 e. The summed E-state index contributed by atoms with van der Waals surface area (Å²) in [5, 5.41) is 3.05. The number of hydrogen-bond donors (Lipinski definition) is 1. The van der Waals surface area contributed by atoms with Gasteiger partial charge in [0, 0.05) is 23.5 Å². The number of nitrogens with zero attached hydrogens (tertiary/aromatic N) is 1. The summed E-state index contributed by atoms with van der Waals surface area (Å²) in [4.78, 5) is 26.5. The zero-order valence-electron chi connectivity index (χ0n) is 12.5. The molecule has 0 aliphatic heterocycles. The molecular weight excluding hydrogens is 400 g/mol. The van der Waals surface area contributed by atoms with Crippen LogP contribution in [0.3, 0.4) is 0 Å². The number of para-hydroxylation sites is 1. The number of carbonyl (C=O) groups is 2. The second-order valence-corrected chi connectivity index (χ2v) is 7.15. The number of thioether (sulfide) groups is 1. The highest BCUT2D eigenvalue weighted by molar-refractivity contribution is 9.10. The molecule has 0 fully saturated rings. The molecule has 1 N–H and O–H groups in total. The number of anilines is 1. The van der Waals surface area contributed by atoms with E-state index in [9.17, 15) is 9.59 Å². The van der Waals surface area contributed by atoms with Crippen LogP contribution in [-0.4, -0.2) is 30.1 Å². The summed E-state index contributed by atoms with van der Waals surface area (Å²) in [7, 11) is 3.36. The Labute approximate surface area is 152 Å². The monoisotopic (exact) mass is 412 g/mol. The maximum atomic E-state index is 12.4. The Hall–Kier alpha value is -1.50. The van der Waals surface area contributed by atoms with Crippen LogP contribution >= 0.6 is 39.3 Å². The molecule has 0 aromatic heterocycles. The van der Waals surface area contributed by atoms with E-state index in [1.807, 2.05) is 6.07 Å². The third-order valence-corrected chi connectivity index (χ3v) is 4.81. The van der Waals surface area contributed by atoms with Crippen LogP contribution in [0, 0.1) is 0 Å². The highest BCUT2D eigenvalue weighted by Crippen LogP contribution is 2.30. The van der Waals surface area contributed by atoms with Crippen molar-refractivity contribution in [1.82, 2.24) is 4.90 Å². The van der Waals surface area contributed by atoms with Crippen molar-refractivity contribution >= 4 is 56.1 Å². The number of hydrogen-bond acceptors (Lipinski definition) is 3. The summed E-state index contributed by atoms with van der Waals surface area (Å²) < 4.78 is 0.762. The lowest BCUT2D eigenvalue weighted by Gasteiger charge is -2.13. The van der Waals surface area contributed by atoms with Gasteiger partial charge in [-0.05, 0) is 42.1 Å². The summed E-state index contributed by atoms with van der Waals surface area (Å²) >= 11 is 10.4. The van der Waals surface area contributed by atoms with Crippen molar-refractivity contribution in [3.63, 3.8) is 0 Å². The second-order valence-electron chi connectivity index (χ2n) is 4.84. The summed E-state index contributed by atoms with van der Waals surface area (Å²) in [5.41, 5.74) is 0.925. The quantitative estimate of drug-likeness (QED) is 0.710. The lowest BCUT2D eigenvalue weighted by atomic mass is 10.2. The van der Waals surface area contributed by atoms with Gasteiger partial charge in [-0.3, -0.25) is 9.59 Å². The van der Waals surface area contributed by atoms with Gasteiger partial charge in [-0.15, -0.1) is 0 Å². The van der Waals surface area contributed by atoms with Crippen LogP contribution < -0.4 is 5.32 Å². The summed E-state index contributed by atoms with van der Waals surface area (Å²) in [6, 6.07) is 12.2. The first-order valence-corrected chi connectivity index (χ1v) is 8.62. The standard InChI is InChI=1S/C16H14BrClN2O2S/c1-20(2)16(22)23-14-6-4-3-5-13(14)19-15(21)11-9-10(17)7-8-12(11)18/h3-9H,1-2H3,(H,19,21). The molecule has 0 spiro atoms. The van der Waals surface area contributed by atoms with E-state index in [0.717, 1.165) is 16.2 Å². The van der Waals surface area contributed by atoms with Crippen LogP contribution in [0.1, 0.15) is 10.4 Å². The number of benzene rings is 2. The van der Waals surface area contributed by atoms with Gasteiger partial charge in [-0.2, -0.15) is 0 Å². The third kappa shape index (κ3) is 4.73. The Kier molecular flexibility index (Phi) is 6.10. The van der Waals surface area contributed by atoms with Crippen LogP contribution in [0.5, 0.6) is 0 Å². The van der Waals surface area contributed by atoms with Gasteiger partial charge >= 0.3 is 0 Å². The van der Waals surface area contributed by atoms with Gasteiger partial charge in [-0.25, -0.2) is 0 Å². The van der Waals surface area contributed by atoms with Crippen molar-refractivity contribution in [2.24, 2.45) is 0 Å². The van der Waals surface area contributed by atoms with E-state index in [1.54, 1.807) is 50.5 Å². The fourth-order valence-corrected chi connectivity index (χ4v) is 3.02. The fraction of sp³-hybridized carbons (Fsp3) is 0.125. The zero-order chi connectivity index (χ0) is 17.0. The SMILES string of the molecule is CN(C)C(=O)Sc1ccccc1NC(=O)c1cc(Br)ccc1Cl. The fourth-order valence-electron chi connectivity index (χ4n) is 1.71. The molecular formula is C16H14BrClN2O2S. The minimum atomic E-state index is -0.332. The number of nitrogens with one attached hydrogen (secondary N) is 1. The highest BCUT2D eigenvalue weighted by Gasteiger charge is 2.15. The van der Waals surface area contributed by atoms with E-state index in [0.29, 0.717) is 21.2 Å². The lowest BCUT2D eigenvalue weighted by molar-refractivity contribution is 0.102. The molecule has 0 atom stereocenters. The number of amides is 2. The Morgan fingerprint density at radius 2 is 1.87 bits per heavy atom. The van der Waals surface area contributed by atoms with Gasteiger partial charge in [0.15, 0.2) is 0 Å². The molecule has 0 saturated heterocycles. The van der Waals surface area contributed by atoms with Crippen molar-refractivity contribution in [2.45, 2.75) is 4.90 Å². The molecule has 0 aliphatic rings. The molecule has 0 radical (unpaired) electrons. The van der Waals surface area contributed by atoms with Gasteiger partial charge in [-0.1, -0.05) is 39.7 Å². The maximum Gasteiger partial charge on any atom is 0.286 e. The van der Waals surface area contributed by atoms with E-state index in [2.05, 4.69) is 21.2 Å². The average molecular weight is 414 g/mol. The highest BCUT2D eigenvalue weighted by atomic mass is 79.9. The maximum absolute atomic E-state index is 12.4. The molecule has 7 heteroatoms. The summed E-state index contributed by atoms with van der Waals surface area (Å²) in [6.45, 7) is 0. The Balaban J connectivity index is 2.24. The number of halogens is 2. The normalized spacial score (nSPS) is 10.3. The first kappa shape index (κ1) is 17.8. The molecule has 2 rings (SSSR count). The molecule has 23 heavy (non-hydrogen) atoms. The van der Waals surface area contributed by atoms with Crippen molar-refractivity contribution < 1.29 is 9.59 Å². The van der Waals surface area contributed by atoms with Crippen molar-refractivity contribution in [2.75, 3.05) is 19.4 Å². The predicted octanol–water partition coefficient (Wildman–Crippen LogP) is 5.13. The third-order valence-electron chi connectivity index (χ3n) is 2.87. The molecule has 0 unspecified atom stereocenters. The van der Waals surface area contributed by atoms with Gasteiger partial charge in [0.1, 0.15) is 0 Å². The Morgan fingerprint density at radius 1 is 1.17 bits per heavy atom. The average Bonchev–Trinajstić information content (AvgIpc) is 2.51. The lowest BCUT2D eigenvalue weighted by Crippen LogP contribution is -2.17. The molecule has 120 valence electrons. The summed E-state index contributed by atoms with van der Waals surface area (Å²) in [6.07, 6.45) is 0. The van der Waals surface area contributed by atoms with Gasteiger partial charge < -0.3 is 10.2 Å². The molecule has 0 saturated carbocycles. The van der Waals surface area contributed by atoms with E-state index in [-0.39, 0.29) is 11.1 Å². The first-order valence-electron chi connectivity index (χ1n) is 6.63. The molecule has 2 aromatic carbocycles. The number of rotatable bonds is 3. The van der Waals surface area contributed by atoms with Crippen LogP contribution in [0.2, 0.25) is 5.02 Å². The predicted molar refractivity (Wildman–Crippen MR) is 98.5 cm³/mol. The van der Waals surface area contributed by atoms with E-state index >= 15 is 0 Å². The van der Waals surface area contributed by atoms with E-state index < -0.39 is 0 Å². The molecule has 0 heterocycles. The van der Waals surface area contributed by atoms with Crippen molar-refractivity contribution in [1.29, 1.82) is 0 Å². The molecule has 0 aliphatic carbocycles. The van der Waals surface area contributed by atoms with Crippen molar-refractivity contribution in [3.05, 3.63) is 57.5 Å². The van der Waals surface area contributed by atoms with Crippen LogP contribution in [0.15, 0.2) is 51.8 Å². The first-order chi connectivity index (χ1) is 10.9. The van der Waals surface area contributed by atoms with Gasteiger partial charge in [0.05, 0.1) is 16.3 Å². The van der Waals surface area contributed by atoms with Crippen LogP contribution in [-0.2, 0) is 0 Å². The van der Waals surface area contributed by atoms with Gasteiger partial charge in [0.2, 0.25) is 0 Å². The molecule has 4 nitrogen and oxygen atoms in total. The van der Waals surface area contributed by atoms with E-state index in [1.165, 1.54) is 4.90 Å².